The molecule has 4 atom stereocenters. The first-order valence-electron chi connectivity index (χ1n) is 36.0. The Hall–Kier alpha value is -7.20. The Morgan fingerprint density at radius 1 is 0.229 bits per heavy atom. The molecule has 8 nitrogen and oxygen atoms in total. The number of benzene rings is 8. The molecule has 0 spiro atoms. The second-order valence-corrected chi connectivity index (χ2v) is 29.0. The van der Waals surface area contributed by atoms with E-state index >= 15 is 0 Å². The fourth-order valence-electron chi connectivity index (χ4n) is 14.1. The predicted octanol–water partition coefficient (Wildman–Crippen LogP) is 21.4. The molecule has 8 aromatic rings. The van der Waals surface area contributed by atoms with Crippen molar-refractivity contribution in [3.05, 3.63) is 261 Å². The molecular formula is C88H124N4O4. The predicted molar refractivity (Wildman–Crippen MR) is 411 cm³/mol. The van der Waals surface area contributed by atoms with Crippen LogP contribution in [-0.2, 0) is 0 Å². The highest BCUT2D eigenvalue weighted by molar-refractivity contribution is 5.47. The quantitative estimate of drug-likeness (QED) is 0.0385. The maximum Gasteiger partial charge on any atom is 0.119 e. The molecule has 0 unspecified atom stereocenters. The Kier molecular flexibility index (Phi) is 33.0. The lowest BCUT2D eigenvalue weighted by Gasteiger charge is -2.32. The van der Waals surface area contributed by atoms with E-state index in [-0.39, 0.29) is 23.7 Å². The average molecular weight is 1300 g/mol. The van der Waals surface area contributed by atoms with Crippen LogP contribution in [0.2, 0.25) is 0 Å². The van der Waals surface area contributed by atoms with Gasteiger partial charge in [0.2, 0.25) is 0 Å². The second kappa shape index (κ2) is 39.9. The van der Waals surface area contributed by atoms with E-state index in [2.05, 4.69) is 279 Å². The Labute approximate surface area is 583 Å². The lowest BCUT2D eigenvalue weighted by Crippen LogP contribution is -2.38. The van der Waals surface area contributed by atoms with Gasteiger partial charge in [-0.2, -0.15) is 0 Å². The van der Waals surface area contributed by atoms with Gasteiger partial charge in [-0.15, -0.1) is 0 Å². The van der Waals surface area contributed by atoms with Crippen LogP contribution in [0, 0.1) is 27.7 Å². The van der Waals surface area contributed by atoms with Crippen molar-refractivity contribution in [3.8, 4) is 23.0 Å². The van der Waals surface area contributed by atoms with Crippen LogP contribution in [0.5, 0.6) is 23.0 Å². The van der Waals surface area contributed by atoms with Crippen molar-refractivity contribution in [1.29, 1.82) is 0 Å². The van der Waals surface area contributed by atoms with E-state index < -0.39 is 0 Å². The van der Waals surface area contributed by atoms with Gasteiger partial charge in [-0.05, 0) is 237 Å². The maximum atomic E-state index is 10.4. The summed E-state index contributed by atoms with van der Waals surface area (Å²) >= 11 is 0. The fourth-order valence-corrected chi connectivity index (χ4v) is 14.1. The maximum absolute atomic E-state index is 10.4. The van der Waals surface area contributed by atoms with Gasteiger partial charge in [0.05, 0.1) is 0 Å². The molecule has 0 aliphatic heterocycles. The zero-order valence-corrected chi connectivity index (χ0v) is 62.6. The Morgan fingerprint density at radius 2 is 0.385 bits per heavy atom. The van der Waals surface area contributed by atoms with Crippen LogP contribution in [0.4, 0.5) is 0 Å². The summed E-state index contributed by atoms with van der Waals surface area (Å²) in [6.07, 6.45) is 3.99. The molecule has 520 valence electrons. The second-order valence-electron chi connectivity index (χ2n) is 29.0. The van der Waals surface area contributed by atoms with E-state index in [1.807, 2.05) is 72.8 Å². The first-order valence-corrected chi connectivity index (χ1v) is 36.0. The Morgan fingerprint density at radius 3 is 0.531 bits per heavy atom. The fraction of sp³-hybridized carbons (Fsp3) is 0.455. The van der Waals surface area contributed by atoms with Crippen molar-refractivity contribution >= 4 is 0 Å². The summed E-state index contributed by atoms with van der Waals surface area (Å²) in [6.45, 7) is 48.4. The Balaban J connectivity index is 0.000000231. The van der Waals surface area contributed by atoms with Gasteiger partial charge in [0, 0.05) is 94.3 Å². The van der Waals surface area contributed by atoms with Crippen molar-refractivity contribution < 1.29 is 20.4 Å². The van der Waals surface area contributed by atoms with Gasteiger partial charge >= 0.3 is 0 Å². The van der Waals surface area contributed by atoms with E-state index in [9.17, 15) is 20.4 Å². The largest absolute Gasteiger partial charge is 0.508 e. The SMILES string of the molecule is Cc1ccc(O)c([C@H](CCN(C(C)C)C(C)C)c2ccccc2)c1.Cc1ccc(O)c([C@H](CCN(C(C)C)C(C)C)c2ccccc2)c1.Cc1ccc(O)c([C@H](CCN(C(C)C)C(C)C)c2ccccc2)c1.Cc1ccc(O)c([C@H](CCN(C(C)C)C(C)C)c2ccccc2)c1. The van der Waals surface area contributed by atoms with Gasteiger partial charge in [-0.1, -0.05) is 192 Å². The number of rotatable bonds is 28. The molecule has 0 radical (unpaired) electrons. The molecule has 0 saturated heterocycles. The lowest BCUT2D eigenvalue weighted by molar-refractivity contribution is 0.170. The van der Waals surface area contributed by atoms with Crippen LogP contribution in [0.3, 0.4) is 0 Å². The molecule has 0 aromatic heterocycles. The van der Waals surface area contributed by atoms with Gasteiger partial charge in [-0.3, -0.25) is 19.6 Å². The highest BCUT2D eigenvalue weighted by Gasteiger charge is 2.26. The van der Waals surface area contributed by atoms with Gasteiger partial charge in [-0.25, -0.2) is 0 Å². The van der Waals surface area contributed by atoms with Crippen LogP contribution in [0.25, 0.3) is 0 Å². The van der Waals surface area contributed by atoms with Crippen molar-refractivity contribution in [1.82, 2.24) is 19.6 Å². The summed E-state index contributed by atoms with van der Waals surface area (Å²) in [4.78, 5) is 10.1. The third-order valence-corrected chi connectivity index (χ3v) is 19.1. The lowest BCUT2D eigenvalue weighted by atomic mass is 9.87. The van der Waals surface area contributed by atoms with Gasteiger partial charge in [0.1, 0.15) is 23.0 Å². The summed E-state index contributed by atoms with van der Waals surface area (Å²) in [7, 11) is 0. The number of phenolic OH excluding ortho intramolecular Hbond substituents is 4. The molecule has 0 aliphatic rings. The van der Waals surface area contributed by atoms with Gasteiger partial charge in [0.25, 0.3) is 0 Å². The van der Waals surface area contributed by atoms with Crippen LogP contribution in [0.15, 0.2) is 194 Å². The van der Waals surface area contributed by atoms with Crippen molar-refractivity contribution in [2.24, 2.45) is 0 Å². The summed E-state index contributed by atoms with van der Waals surface area (Å²) in [5.74, 6) is 2.45. The minimum absolute atomic E-state index is 0.214. The zero-order chi connectivity index (χ0) is 70.8. The highest BCUT2D eigenvalue weighted by Crippen LogP contribution is 2.39. The number of phenols is 4. The number of nitrogens with zero attached hydrogens (tertiary/aromatic N) is 4. The number of aryl methyl sites for hydroxylation is 4. The first kappa shape index (κ1) is 79.5. The molecule has 0 fully saturated rings. The van der Waals surface area contributed by atoms with Crippen LogP contribution in [-0.4, -0.2) is 115 Å². The molecule has 0 aliphatic carbocycles. The summed E-state index contributed by atoms with van der Waals surface area (Å²) in [5, 5.41) is 41.7. The smallest absolute Gasteiger partial charge is 0.119 e. The monoisotopic (exact) mass is 1300 g/mol. The minimum atomic E-state index is 0.214. The standard InChI is InChI=1S/4C22H31NO/c4*1-16(2)23(17(3)4)14-13-20(19-9-7-6-8-10-19)21-15-18(5)11-12-22(21)24/h4*6-12,15-17,20,24H,13-14H2,1-5H3/t4*20-/m1111/s1. The molecule has 4 N–H and O–H groups in total. The highest BCUT2D eigenvalue weighted by atomic mass is 16.3. The molecular weight excluding hydrogens is 1180 g/mol. The first-order chi connectivity index (χ1) is 45.6. The minimum Gasteiger partial charge on any atom is -0.508 e. The third-order valence-electron chi connectivity index (χ3n) is 19.1. The third kappa shape index (κ3) is 24.7. The summed E-state index contributed by atoms with van der Waals surface area (Å²) in [5.41, 5.74) is 14.0. The van der Waals surface area contributed by atoms with E-state index in [1.165, 1.54) is 44.5 Å². The Bertz CT molecular complexity index is 2960. The van der Waals surface area contributed by atoms with Crippen LogP contribution in [0.1, 0.15) is 227 Å². The molecule has 0 saturated carbocycles. The van der Waals surface area contributed by atoms with E-state index in [0.29, 0.717) is 71.3 Å². The number of hydrogen-bond donors (Lipinski definition) is 4. The molecule has 8 aromatic carbocycles. The van der Waals surface area contributed by atoms with Crippen molar-refractivity contribution in [3.63, 3.8) is 0 Å². The summed E-state index contributed by atoms with van der Waals surface area (Å²) in [6, 6.07) is 70.0. The van der Waals surface area contributed by atoms with E-state index in [1.54, 1.807) is 0 Å². The molecule has 8 rings (SSSR count). The van der Waals surface area contributed by atoms with Crippen LogP contribution < -0.4 is 0 Å². The number of hydrogen-bond acceptors (Lipinski definition) is 8. The van der Waals surface area contributed by atoms with Crippen molar-refractivity contribution in [2.75, 3.05) is 26.2 Å². The van der Waals surface area contributed by atoms with Crippen molar-refractivity contribution in [2.45, 2.75) is 236 Å². The van der Waals surface area contributed by atoms with E-state index in [4.69, 9.17) is 0 Å². The molecule has 8 heteroatoms. The van der Waals surface area contributed by atoms with E-state index in [0.717, 1.165) is 74.1 Å². The molecule has 0 heterocycles. The zero-order valence-electron chi connectivity index (χ0n) is 62.6. The summed E-state index contributed by atoms with van der Waals surface area (Å²) < 4.78 is 0. The van der Waals surface area contributed by atoms with Gasteiger partial charge in [0.15, 0.2) is 0 Å². The molecule has 96 heavy (non-hydrogen) atoms. The normalized spacial score (nSPS) is 13.0. The number of aromatic hydroxyl groups is 4. The average Bonchev–Trinajstić information content (AvgIpc) is 0.906. The van der Waals surface area contributed by atoms with Crippen LogP contribution >= 0.6 is 0 Å². The topological polar surface area (TPSA) is 93.9 Å². The molecule has 0 bridgehead atoms. The molecule has 0 amide bonds. The van der Waals surface area contributed by atoms with Gasteiger partial charge < -0.3 is 20.4 Å².